The molecular formula is C22H12N4O. The number of benzene rings is 3. The van der Waals surface area contributed by atoms with E-state index in [9.17, 15) is 5.26 Å². The van der Waals surface area contributed by atoms with Crippen LogP contribution in [0.5, 0.6) is 0 Å². The molecule has 126 valence electrons. The monoisotopic (exact) mass is 348 g/mol. The third-order valence-electron chi connectivity index (χ3n) is 4.59. The van der Waals surface area contributed by atoms with Crippen molar-refractivity contribution in [2.45, 2.75) is 0 Å². The SMILES string of the molecule is N#Cc1c(-c2ccccc2)ccc2c1oc1c(-c3nccnn3)cccc12. The van der Waals surface area contributed by atoms with E-state index >= 15 is 0 Å². The van der Waals surface area contributed by atoms with Crippen LogP contribution in [0.15, 0.2) is 77.5 Å². The predicted molar refractivity (Wildman–Crippen MR) is 103 cm³/mol. The highest BCUT2D eigenvalue weighted by Gasteiger charge is 2.18. The topological polar surface area (TPSA) is 75.6 Å². The summed E-state index contributed by atoms with van der Waals surface area (Å²) in [6.45, 7) is 0. The Kier molecular flexibility index (Phi) is 3.41. The molecule has 0 bridgehead atoms. The maximum Gasteiger partial charge on any atom is 0.185 e. The summed E-state index contributed by atoms with van der Waals surface area (Å²) < 4.78 is 6.19. The molecule has 27 heavy (non-hydrogen) atoms. The van der Waals surface area contributed by atoms with Gasteiger partial charge in [0.2, 0.25) is 0 Å². The average Bonchev–Trinajstić information content (AvgIpc) is 3.13. The Hall–Kier alpha value is -4.04. The molecule has 0 amide bonds. The standard InChI is InChI=1S/C22H12N4O/c23-13-19-15(14-5-2-1-3-6-14)9-10-17-16-7-4-8-18(20(16)27-21(17)19)22-24-11-12-25-26-22/h1-12H. The highest BCUT2D eigenvalue weighted by atomic mass is 16.3. The second kappa shape index (κ2) is 6.04. The van der Waals surface area contributed by atoms with Crippen LogP contribution in [0.25, 0.3) is 44.5 Å². The molecule has 0 fully saturated rings. The minimum Gasteiger partial charge on any atom is -0.454 e. The van der Waals surface area contributed by atoms with E-state index in [1.807, 2.05) is 60.7 Å². The maximum atomic E-state index is 9.84. The molecule has 3 aromatic carbocycles. The Morgan fingerprint density at radius 2 is 1.63 bits per heavy atom. The normalized spacial score (nSPS) is 10.9. The molecule has 5 nitrogen and oxygen atoms in total. The van der Waals surface area contributed by atoms with Crippen molar-refractivity contribution in [2.75, 3.05) is 0 Å². The first-order chi connectivity index (χ1) is 13.4. The molecule has 0 unspecified atom stereocenters. The summed E-state index contributed by atoms with van der Waals surface area (Å²) in [5.74, 6) is 0.490. The van der Waals surface area contributed by atoms with E-state index in [2.05, 4.69) is 21.3 Å². The molecule has 5 aromatic rings. The van der Waals surface area contributed by atoms with Crippen molar-refractivity contribution in [3.8, 4) is 28.6 Å². The molecule has 5 heteroatoms. The van der Waals surface area contributed by atoms with Gasteiger partial charge in [-0.3, -0.25) is 0 Å². The van der Waals surface area contributed by atoms with Crippen LogP contribution >= 0.6 is 0 Å². The van der Waals surface area contributed by atoms with E-state index < -0.39 is 0 Å². The third kappa shape index (κ3) is 2.35. The Labute approximate surface area is 154 Å². The molecule has 0 saturated carbocycles. The number of hydrogen-bond donors (Lipinski definition) is 0. The van der Waals surface area contributed by atoms with Crippen LogP contribution in [-0.4, -0.2) is 15.2 Å². The lowest BCUT2D eigenvalue weighted by Crippen LogP contribution is -1.90. The van der Waals surface area contributed by atoms with Crippen molar-refractivity contribution < 1.29 is 4.42 Å². The molecule has 0 atom stereocenters. The molecule has 0 aliphatic rings. The zero-order chi connectivity index (χ0) is 18.2. The number of aromatic nitrogens is 3. The molecule has 0 spiro atoms. The predicted octanol–water partition coefficient (Wildman–Crippen LogP) is 4.98. The van der Waals surface area contributed by atoms with Crippen molar-refractivity contribution in [3.63, 3.8) is 0 Å². The molecule has 5 rings (SSSR count). The van der Waals surface area contributed by atoms with Gasteiger partial charge in [-0.1, -0.05) is 48.5 Å². The van der Waals surface area contributed by atoms with E-state index in [0.29, 0.717) is 22.6 Å². The fraction of sp³-hybridized carbons (Fsp3) is 0. The van der Waals surface area contributed by atoms with Crippen molar-refractivity contribution in [1.29, 1.82) is 5.26 Å². The molecule has 2 aromatic heterocycles. The van der Waals surface area contributed by atoms with Crippen molar-refractivity contribution in [2.24, 2.45) is 0 Å². The van der Waals surface area contributed by atoms with Gasteiger partial charge in [0.25, 0.3) is 0 Å². The van der Waals surface area contributed by atoms with Crippen molar-refractivity contribution >= 4 is 21.9 Å². The largest absolute Gasteiger partial charge is 0.454 e. The Morgan fingerprint density at radius 1 is 0.778 bits per heavy atom. The molecule has 0 saturated heterocycles. The molecule has 0 radical (unpaired) electrons. The maximum absolute atomic E-state index is 9.84. The van der Waals surface area contributed by atoms with E-state index in [0.717, 1.165) is 27.5 Å². The zero-order valence-corrected chi connectivity index (χ0v) is 14.1. The van der Waals surface area contributed by atoms with Gasteiger partial charge in [-0.2, -0.15) is 10.4 Å². The highest BCUT2D eigenvalue weighted by Crippen LogP contribution is 2.38. The summed E-state index contributed by atoms with van der Waals surface area (Å²) in [5.41, 5.74) is 4.33. The van der Waals surface area contributed by atoms with Crippen molar-refractivity contribution in [3.05, 3.63) is 78.6 Å². The first kappa shape index (κ1) is 15.2. The minimum atomic E-state index is 0.490. The molecular weight excluding hydrogens is 336 g/mol. The summed E-state index contributed by atoms with van der Waals surface area (Å²) in [7, 11) is 0. The average molecular weight is 348 g/mol. The fourth-order valence-corrected chi connectivity index (χ4v) is 3.38. The quantitative estimate of drug-likeness (QED) is 0.450. The number of fused-ring (bicyclic) bond motifs is 3. The Balaban J connectivity index is 1.85. The van der Waals surface area contributed by atoms with Crippen LogP contribution in [0.4, 0.5) is 0 Å². The second-order valence-corrected chi connectivity index (χ2v) is 6.09. The number of nitrogens with zero attached hydrogens (tertiary/aromatic N) is 4. The van der Waals surface area contributed by atoms with Gasteiger partial charge < -0.3 is 4.42 Å². The van der Waals surface area contributed by atoms with Gasteiger partial charge in [-0.25, -0.2) is 4.98 Å². The molecule has 0 aliphatic carbocycles. The van der Waals surface area contributed by atoms with Gasteiger partial charge in [0.15, 0.2) is 11.4 Å². The van der Waals surface area contributed by atoms with Crippen LogP contribution < -0.4 is 0 Å². The van der Waals surface area contributed by atoms with E-state index in [1.54, 1.807) is 6.20 Å². The first-order valence-corrected chi connectivity index (χ1v) is 8.44. The molecule has 0 N–H and O–H groups in total. The van der Waals surface area contributed by atoms with Gasteiger partial charge in [0.05, 0.1) is 11.8 Å². The highest BCUT2D eigenvalue weighted by molar-refractivity contribution is 6.11. The van der Waals surface area contributed by atoms with E-state index in [-0.39, 0.29) is 0 Å². The smallest absolute Gasteiger partial charge is 0.185 e. The van der Waals surface area contributed by atoms with Crippen LogP contribution in [0.2, 0.25) is 0 Å². The second-order valence-electron chi connectivity index (χ2n) is 6.09. The number of hydrogen-bond acceptors (Lipinski definition) is 5. The first-order valence-electron chi connectivity index (χ1n) is 8.44. The summed E-state index contributed by atoms with van der Waals surface area (Å²) in [5, 5.41) is 19.7. The zero-order valence-electron chi connectivity index (χ0n) is 14.1. The van der Waals surface area contributed by atoms with Crippen LogP contribution in [0.3, 0.4) is 0 Å². The summed E-state index contributed by atoms with van der Waals surface area (Å²) in [4.78, 5) is 4.28. The van der Waals surface area contributed by atoms with E-state index in [1.165, 1.54) is 6.20 Å². The fourth-order valence-electron chi connectivity index (χ4n) is 3.38. The number of furan rings is 1. The third-order valence-corrected chi connectivity index (χ3v) is 4.59. The lowest BCUT2D eigenvalue weighted by Gasteiger charge is -2.04. The van der Waals surface area contributed by atoms with Gasteiger partial charge in [-0.15, -0.1) is 5.10 Å². The number of para-hydroxylation sites is 1. The molecule has 0 aliphatic heterocycles. The lowest BCUT2D eigenvalue weighted by atomic mass is 9.97. The number of nitriles is 1. The van der Waals surface area contributed by atoms with Crippen LogP contribution in [0.1, 0.15) is 5.56 Å². The summed E-state index contributed by atoms with van der Waals surface area (Å²) >= 11 is 0. The van der Waals surface area contributed by atoms with Gasteiger partial charge in [0, 0.05) is 22.5 Å². The van der Waals surface area contributed by atoms with Crippen LogP contribution in [0, 0.1) is 11.3 Å². The van der Waals surface area contributed by atoms with Gasteiger partial charge in [-0.05, 0) is 17.7 Å². The Bertz CT molecular complexity index is 1320. The minimum absolute atomic E-state index is 0.490. The van der Waals surface area contributed by atoms with Crippen molar-refractivity contribution in [1.82, 2.24) is 15.2 Å². The summed E-state index contributed by atoms with van der Waals surface area (Å²) in [6, 6.07) is 21.9. The lowest BCUT2D eigenvalue weighted by molar-refractivity contribution is 0.668. The van der Waals surface area contributed by atoms with Gasteiger partial charge >= 0.3 is 0 Å². The molecule has 2 heterocycles. The summed E-state index contributed by atoms with van der Waals surface area (Å²) in [6.07, 6.45) is 3.13. The van der Waals surface area contributed by atoms with Crippen LogP contribution in [-0.2, 0) is 0 Å². The van der Waals surface area contributed by atoms with Gasteiger partial charge in [0.1, 0.15) is 17.2 Å². The Morgan fingerprint density at radius 3 is 2.41 bits per heavy atom. The van der Waals surface area contributed by atoms with E-state index in [4.69, 9.17) is 4.42 Å². The number of rotatable bonds is 2.